The van der Waals surface area contributed by atoms with Crippen molar-refractivity contribution in [1.82, 2.24) is 10.3 Å². The maximum Gasteiger partial charge on any atom is 0.251 e. The number of hydrogen-bond acceptors (Lipinski definition) is 2. The van der Waals surface area contributed by atoms with Crippen LogP contribution >= 0.6 is 0 Å². The Morgan fingerprint density at radius 2 is 2.41 bits per heavy atom. The Kier molecular flexibility index (Phi) is 5.44. The number of carbonyl (C=O) groups excluding carboxylic acids is 1. The van der Waals surface area contributed by atoms with Gasteiger partial charge in [-0.25, -0.2) is 0 Å². The van der Waals surface area contributed by atoms with E-state index in [1.165, 1.54) is 0 Å². The summed E-state index contributed by atoms with van der Waals surface area (Å²) in [7, 11) is 0. The summed E-state index contributed by atoms with van der Waals surface area (Å²) in [5.41, 5.74) is 1.52. The monoisotopic (exact) mass is 228 g/mol. The second-order valence-electron chi connectivity index (χ2n) is 3.40. The molecule has 0 spiro atoms. The summed E-state index contributed by atoms with van der Waals surface area (Å²) < 4.78 is 0. The van der Waals surface area contributed by atoms with Gasteiger partial charge in [0.1, 0.15) is 0 Å². The molecular formula is C14H16N2O. The van der Waals surface area contributed by atoms with Gasteiger partial charge in [0.25, 0.3) is 5.91 Å². The van der Waals surface area contributed by atoms with Crippen LogP contribution in [0.5, 0.6) is 0 Å². The van der Waals surface area contributed by atoms with Crippen molar-refractivity contribution in [1.29, 1.82) is 0 Å². The van der Waals surface area contributed by atoms with E-state index in [0.29, 0.717) is 12.1 Å². The molecule has 1 heterocycles. The largest absolute Gasteiger partial charge is 0.348 e. The molecule has 0 aromatic carbocycles. The number of nitrogens with one attached hydrogen (secondary N) is 1. The van der Waals surface area contributed by atoms with Crippen LogP contribution < -0.4 is 5.32 Å². The first-order valence-electron chi connectivity index (χ1n) is 5.40. The predicted octanol–water partition coefficient (Wildman–Crippen LogP) is 2.39. The molecule has 0 atom stereocenters. The first-order chi connectivity index (χ1) is 8.27. The van der Waals surface area contributed by atoms with Crippen LogP contribution in [0.1, 0.15) is 12.5 Å². The summed E-state index contributed by atoms with van der Waals surface area (Å²) in [5, 5.41) is 2.81. The third-order valence-electron chi connectivity index (χ3n) is 2.13. The van der Waals surface area contributed by atoms with E-state index in [0.717, 1.165) is 5.56 Å². The van der Waals surface area contributed by atoms with Gasteiger partial charge in [-0.1, -0.05) is 30.9 Å². The van der Waals surface area contributed by atoms with Crippen LogP contribution in [0.25, 0.3) is 0 Å². The highest BCUT2D eigenvalue weighted by Gasteiger charge is 2.03. The summed E-state index contributed by atoms with van der Waals surface area (Å²) in [6, 6.07) is 3.75. The average Bonchev–Trinajstić information content (AvgIpc) is 2.38. The maximum absolute atomic E-state index is 11.7. The van der Waals surface area contributed by atoms with Crippen LogP contribution in [0.3, 0.4) is 0 Å². The van der Waals surface area contributed by atoms with Crippen molar-refractivity contribution in [2.75, 3.05) is 0 Å². The highest BCUT2D eigenvalue weighted by molar-refractivity contribution is 5.96. The number of hydrogen-bond donors (Lipinski definition) is 1. The molecule has 0 fully saturated rings. The first kappa shape index (κ1) is 12.9. The number of nitrogens with zero attached hydrogens (tertiary/aromatic N) is 1. The van der Waals surface area contributed by atoms with Gasteiger partial charge >= 0.3 is 0 Å². The fourth-order valence-corrected chi connectivity index (χ4v) is 1.22. The number of amides is 1. The third-order valence-corrected chi connectivity index (χ3v) is 2.13. The fourth-order valence-electron chi connectivity index (χ4n) is 1.22. The van der Waals surface area contributed by atoms with E-state index in [2.05, 4.69) is 16.9 Å². The molecule has 0 radical (unpaired) electrons. The minimum absolute atomic E-state index is 0.137. The molecule has 3 nitrogen and oxygen atoms in total. The quantitative estimate of drug-likeness (QED) is 0.621. The molecular weight excluding hydrogens is 212 g/mol. The van der Waals surface area contributed by atoms with Crippen molar-refractivity contribution < 1.29 is 4.79 Å². The minimum atomic E-state index is -0.137. The number of allylic oxidation sites excluding steroid dienone is 3. The van der Waals surface area contributed by atoms with E-state index in [4.69, 9.17) is 0 Å². The minimum Gasteiger partial charge on any atom is -0.348 e. The Morgan fingerprint density at radius 3 is 3.00 bits per heavy atom. The smallest absolute Gasteiger partial charge is 0.251 e. The van der Waals surface area contributed by atoms with E-state index in [9.17, 15) is 4.79 Å². The molecule has 0 aliphatic rings. The normalized spacial score (nSPS) is 11.5. The lowest BCUT2D eigenvalue weighted by Gasteiger charge is -2.04. The molecule has 1 amide bonds. The standard InChI is InChI=1S/C14H16N2O/c1-3-5-8-13(4-2)14(17)16-11-12-7-6-9-15-10-12/h3-10H,2,11H2,1H3,(H,16,17). The van der Waals surface area contributed by atoms with Gasteiger partial charge in [0.2, 0.25) is 0 Å². The average molecular weight is 228 g/mol. The van der Waals surface area contributed by atoms with Crippen LogP contribution in [0.4, 0.5) is 0 Å². The Labute approximate surface area is 102 Å². The van der Waals surface area contributed by atoms with Gasteiger partial charge in [-0.15, -0.1) is 0 Å². The van der Waals surface area contributed by atoms with Gasteiger partial charge in [-0.3, -0.25) is 9.78 Å². The zero-order valence-corrected chi connectivity index (χ0v) is 9.89. The van der Waals surface area contributed by atoms with E-state index in [1.807, 2.05) is 25.1 Å². The molecule has 0 aliphatic heterocycles. The van der Waals surface area contributed by atoms with Crippen LogP contribution in [0.2, 0.25) is 0 Å². The molecule has 88 valence electrons. The number of aromatic nitrogens is 1. The van der Waals surface area contributed by atoms with E-state index < -0.39 is 0 Å². The van der Waals surface area contributed by atoms with Crippen molar-refractivity contribution in [2.24, 2.45) is 0 Å². The summed E-state index contributed by atoms with van der Waals surface area (Å²) in [5.74, 6) is -0.137. The third kappa shape index (κ3) is 4.47. The molecule has 0 saturated carbocycles. The van der Waals surface area contributed by atoms with Crippen molar-refractivity contribution in [3.63, 3.8) is 0 Å². The second-order valence-corrected chi connectivity index (χ2v) is 3.40. The highest BCUT2D eigenvalue weighted by atomic mass is 16.1. The van der Waals surface area contributed by atoms with E-state index in [-0.39, 0.29) is 5.91 Å². The van der Waals surface area contributed by atoms with Crippen LogP contribution in [-0.2, 0) is 11.3 Å². The van der Waals surface area contributed by atoms with Crippen LogP contribution in [-0.4, -0.2) is 10.9 Å². The van der Waals surface area contributed by atoms with E-state index >= 15 is 0 Å². The Balaban J connectivity index is 2.57. The van der Waals surface area contributed by atoms with Gasteiger partial charge in [0, 0.05) is 24.5 Å². The highest BCUT2D eigenvalue weighted by Crippen LogP contribution is 1.99. The van der Waals surface area contributed by atoms with Crippen molar-refractivity contribution >= 4 is 5.91 Å². The van der Waals surface area contributed by atoms with E-state index in [1.54, 1.807) is 30.6 Å². The molecule has 0 aliphatic carbocycles. The Hall–Kier alpha value is -2.16. The molecule has 0 saturated heterocycles. The van der Waals surface area contributed by atoms with Crippen LogP contribution in [0, 0.1) is 0 Å². The topological polar surface area (TPSA) is 42.0 Å². The summed E-state index contributed by atoms with van der Waals surface area (Å²) in [6.07, 6.45) is 10.4. The molecule has 17 heavy (non-hydrogen) atoms. The molecule has 1 aromatic rings. The van der Waals surface area contributed by atoms with Gasteiger partial charge in [-0.05, 0) is 24.6 Å². The lowest BCUT2D eigenvalue weighted by atomic mass is 10.2. The second kappa shape index (κ2) is 7.17. The van der Waals surface area contributed by atoms with Gasteiger partial charge in [-0.2, -0.15) is 0 Å². The van der Waals surface area contributed by atoms with Gasteiger partial charge in [0.05, 0.1) is 0 Å². The Morgan fingerprint density at radius 1 is 1.59 bits per heavy atom. The van der Waals surface area contributed by atoms with Crippen molar-refractivity contribution in [2.45, 2.75) is 13.5 Å². The van der Waals surface area contributed by atoms with Crippen LogP contribution in [0.15, 0.2) is 61.0 Å². The zero-order chi connectivity index (χ0) is 12.5. The fraction of sp³-hybridized carbons (Fsp3) is 0.143. The summed E-state index contributed by atoms with van der Waals surface area (Å²) >= 11 is 0. The van der Waals surface area contributed by atoms with Crippen molar-refractivity contribution in [3.8, 4) is 0 Å². The summed E-state index contributed by atoms with van der Waals surface area (Å²) in [4.78, 5) is 15.7. The lowest BCUT2D eigenvalue weighted by molar-refractivity contribution is -0.117. The molecule has 1 N–H and O–H groups in total. The maximum atomic E-state index is 11.7. The predicted molar refractivity (Wildman–Crippen MR) is 69.2 cm³/mol. The lowest BCUT2D eigenvalue weighted by Crippen LogP contribution is -2.23. The molecule has 0 unspecified atom stereocenters. The molecule has 1 aromatic heterocycles. The summed E-state index contributed by atoms with van der Waals surface area (Å²) in [6.45, 7) is 5.97. The number of rotatable bonds is 5. The van der Waals surface area contributed by atoms with Crippen molar-refractivity contribution in [3.05, 3.63) is 66.5 Å². The molecule has 1 rings (SSSR count). The molecule has 0 bridgehead atoms. The van der Waals surface area contributed by atoms with Gasteiger partial charge < -0.3 is 5.32 Å². The Bertz CT molecular complexity index is 433. The first-order valence-corrected chi connectivity index (χ1v) is 5.40. The number of carbonyl (C=O) groups is 1. The zero-order valence-electron chi connectivity index (χ0n) is 9.89. The SMILES string of the molecule is C=CC(=CC=CC)C(=O)NCc1cccnc1. The van der Waals surface area contributed by atoms with Gasteiger partial charge in [0.15, 0.2) is 0 Å². The number of pyridine rings is 1. The molecule has 3 heteroatoms.